The number of hydrogen-bond acceptors (Lipinski definition) is 3. The molecule has 0 aliphatic carbocycles. The van der Waals surface area contributed by atoms with Gasteiger partial charge >= 0.3 is 0 Å². The summed E-state index contributed by atoms with van der Waals surface area (Å²) < 4.78 is 1.23. The van der Waals surface area contributed by atoms with Crippen molar-refractivity contribution >= 4 is 26.7 Å². The van der Waals surface area contributed by atoms with Gasteiger partial charge in [-0.1, -0.05) is 60.7 Å². The Morgan fingerprint density at radius 2 is 1.79 bits per heavy atom. The third kappa shape index (κ3) is 2.61. The fourth-order valence-electron chi connectivity index (χ4n) is 2.19. The zero-order valence-electron chi connectivity index (χ0n) is 10.8. The molecule has 1 atom stereocenters. The van der Waals surface area contributed by atoms with Gasteiger partial charge in [0.15, 0.2) is 5.13 Å². The van der Waals surface area contributed by atoms with E-state index in [1.165, 1.54) is 10.3 Å². The van der Waals surface area contributed by atoms with Gasteiger partial charge in [0.2, 0.25) is 0 Å². The standard InChI is InChI=1S/C16H16N2S/c1-2-13(12-8-4-3-5-9-12)17-16-18-14-10-6-7-11-15(14)19-16/h3-11,13H,2H2,1H3,(H,17,18). The molecule has 2 aromatic carbocycles. The van der Waals surface area contributed by atoms with E-state index in [-0.39, 0.29) is 0 Å². The monoisotopic (exact) mass is 268 g/mol. The highest BCUT2D eigenvalue weighted by molar-refractivity contribution is 7.22. The molecule has 2 nitrogen and oxygen atoms in total. The van der Waals surface area contributed by atoms with Crippen LogP contribution in [0.4, 0.5) is 5.13 Å². The van der Waals surface area contributed by atoms with Crippen molar-refractivity contribution < 1.29 is 0 Å². The second kappa shape index (κ2) is 5.41. The van der Waals surface area contributed by atoms with Crippen molar-refractivity contribution in [1.29, 1.82) is 0 Å². The van der Waals surface area contributed by atoms with Crippen molar-refractivity contribution in [1.82, 2.24) is 4.98 Å². The van der Waals surface area contributed by atoms with Crippen molar-refractivity contribution in [2.45, 2.75) is 19.4 Å². The zero-order chi connectivity index (χ0) is 13.1. The first-order chi connectivity index (χ1) is 9.36. The van der Waals surface area contributed by atoms with E-state index in [1.807, 2.05) is 12.1 Å². The van der Waals surface area contributed by atoms with Crippen LogP contribution in [0, 0.1) is 0 Å². The van der Waals surface area contributed by atoms with Gasteiger partial charge in [-0.3, -0.25) is 0 Å². The van der Waals surface area contributed by atoms with Crippen LogP contribution in [-0.2, 0) is 0 Å². The van der Waals surface area contributed by atoms with Crippen molar-refractivity contribution in [3.63, 3.8) is 0 Å². The smallest absolute Gasteiger partial charge is 0.184 e. The maximum absolute atomic E-state index is 4.63. The molecule has 3 heteroatoms. The molecule has 1 N–H and O–H groups in total. The Labute approximate surface area is 117 Å². The van der Waals surface area contributed by atoms with E-state index >= 15 is 0 Å². The predicted octanol–water partition coefficient (Wildman–Crippen LogP) is 4.86. The summed E-state index contributed by atoms with van der Waals surface area (Å²) in [7, 11) is 0. The molecule has 0 aliphatic rings. The van der Waals surface area contributed by atoms with E-state index in [9.17, 15) is 0 Å². The van der Waals surface area contributed by atoms with E-state index < -0.39 is 0 Å². The third-order valence-corrected chi connectivity index (χ3v) is 4.17. The molecule has 0 aliphatic heterocycles. The molecule has 0 radical (unpaired) electrons. The van der Waals surface area contributed by atoms with Gasteiger partial charge in [0.25, 0.3) is 0 Å². The molecule has 0 spiro atoms. The van der Waals surface area contributed by atoms with Crippen LogP contribution < -0.4 is 5.32 Å². The van der Waals surface area contributed by atoms with Crippen LogP contribution in [0.5, 0.6) is 0 Å². The first kappa shape index (κ1) is 12.2. The summed E-state index contributed by atoms with van der Waals surface area (Å²) in [6.07, 6.45) is 1.04. The predicted molar refractivity (Wildman–Crippen MR) is 82.7 cm³/mol. The summed E-state index contributed by atoms with van der Waals surface area (Å²) in [4.78, 5) is 4.63. The highest BCUT2D eigenvalue weighted by atomic mass is 32.1. The number of benzene rings is 2. The Morgan fingerprint density at radius 3 is 2.53 bits per heavy atom. The molecular weight excluding hydrogens is 252 g/mol. The Hall–Kier alpha value is -1.87. The van der Waals surface area contributed by atoms with E-state index in [1.54, 1.807) is 11.3 Å². The van der Waals surface area contributed by atoms with Gasteiger partial charge in [0.05, 0.1) is 16.3 Å². The lowest BCUT2D eigenvalue weighted by Crippen LogP contribution is -2.09. The number of hydrogen-bond donors (Lipinski definition) is 1. The summed E-state index contributed by atoms with van der Waals surface area (Å²) in [5.74, 6) is 0. The van der Waals surface area contributed by atoms with Crippen LogP contribution in [-0.4, -0.2) is 4.98 Å². The van der Waals surface area contributed by atoms with Crippen molar-refractivity contribution in [2.75, 3.05) is 5.32 Å². The average molecular weight is 268 g/mol. The lowest BCUT2D eigenvalue weighted by molar-refractivity contribution is 0.748. The third-order valence-electron chi connectivity index (χ3n) is 3.20. The topological polar surface area (TPSA) is 24.9 Å². The van der Waals surface area contributed by atoms with Gasteiger partial charge in [-0.25, -0.2) is 4.98 Å². The summed E-state index contributed by atoms with van der Waals surface area (Å²) >= 11 is 1.71. The average Bonchev–Trinajstić information content (AvgIpc) is 2.88. The molecule has 3 rings (SSSR count). The summed E-state index contributed by atoms with van der Waals surface area (Å²) in [5.41, 5.74) is 2.38. The number of aromatic nitrogens is 1. The molecular formula is C16H16N2S. The van der Waals surface area contributed by atoms with E-state index in [0.29, 0.717) is 6.04 Å². The van der Waals surface area contributed by atoms with E-state index in [0.717, 1.165) is 17.1 Å². The molecule has 1 aromatic heterocycles. The molecule has 1 heterocycles. The highest BCUT2D eigenvalue weighted by Crippen LogP contribution is 2.29. The molecule has 3 aromatic rings. The highest BCUT2D eigenvalue weighted by Gasteiger charge is 2.11. The Bertz CT molecular complexity index is 628. The Morgan fingerprint density at radius 1 is 1.05 bits per heavy atom. The molecule has 0 fully saturated rings. The number of rotatable bonds is 4. The van der Waals surface area contributed by atoms with Crippen LogP contribution in [0.25, 0.3) is 10.2 Å². The lowest BCUT2D eigenvalue weighted by atomic mass is 10.1. The van der Waals surface area contributed by atoms with Gasteiger partial charge in [-0.05, 0) is 24.1 Å². The first-order valence-corrected chi connectivity index (χ1v) is 7.35. The van der Waals surface area contributed by atoms with Crippen molar-refractivity contribution in [3.8, 4) is 0 Å². The number of anilines is 1. The maximum atomic E-state index is 4.63. The van der Waals surface area contributed by atoms with Crippen LogP contribution in [0.1, 0.15) is 24.9 Å². The number of fused-ring (bicyclic) bond motifs is 1. The minimum atomic E-state index is 0.321. The molecule has 96 valence electrons. The summed E-state index contributed by atoms with van der Waals surface area (Å²) in [5, 5.41) is 4.54. The van der Waals surface area contributed by atoms with Gasteiger partial charge in [0.1, 0.15) is 0 Å². The van der Waals surface area contributed by atoms with Gasteiger partial charge in [-0.2, -0.15) is 0 Å². The summed E-state index contributed by atoms with van der Waals surface area (Å²) in [6.45, 7) is 2.19. The first-order valence-electron chi connectivity index (χ1n) is 6.54. The van der Waals surface area contributed by atoms with Crippen LogP contribution in [0.2, 0.25) is 0 Å². The lowest BCUT2D eigenvalue weighted by Gasteiger charge is -2.16. The fourth-order valence-corrected chi connectivity index (χ4v) is 3.11. The largest absolute Gasteiger partial charge is 0.355 e. The molecule has 1 unspecified atom stereocenters. The van der Waals surface area contributed by atoms with Crippen LogP contribution in [0.15, 0.2) is 54.6 Å². The number of nitrogens with zero attached hydrogens (tertiary/aromatic N) is 1. The minimum Gasteiger partial charge on any atom is -0.355 e. The van der Waals surface area contributed by atoms with Crippen molar-refractivity contribution in [3.05, 3.63) is 60.2 Å². The fraction of sp³-hybridized carbons (Fsp3) is 0.188. The normalized spacial score (nSPS) is 12.5. The summed E-state index contributed by atoms with van der Waals surface area (Å²) in [6, 6.07) is 19.1. The van der Waals surface area contributed by atoms with Crippen LogP contribution in [0.3, 0.4) is 0 Å². The van der Waals surface area contributed by atoms with Crippen LogP contribution >= 0.6 is 11.3 Å². The molecule has 0 saturated carbocycles. The molecule has 0 amide bonds. The quantitative estimate of drug-likeness (QED) is 0.731. The second-order valence-corrected chi connectivity index (χ2v) is 5.53. The Kier molecular flexibility index (Phi) is 3.47. The van der Waals surface area contributed by atoms with Gasteiger partial charge in [-0.15, -0.1) is 0 Å². The second-order valence-electron chi connectivity index (χ2n) is 4.50. The SMILES string of the molecule is CCC(Nc1nc2ccccc2s1)c1ccccc1. The van der Waals surface area contributed by atoms with Crippen molar-refractivity contribution in [2.24, 2.45) is 0 Å². The van der Waals surface area contributed by atoms with E-state index in [2.05, 4.69) is 59.7 Å². The zero-order valence-corrected chi connectivity index (χ0v) is 11.7. The molecule has 0 bridgehead atoms. The molecule has 0 saturated heterocycles. The van der Waals surface area contributed by atoms with E-state index in [4.69, 9.17) is 0 Å². The number of nitrogens with one attached hydrogen (secondary N) is 1. The van der Waals surface area contributed by atoms with Gasteiger partial charge in [0, 0.05) is 0 Å². The number of para-hydroxylation sites is 1. The minimum absolute atomic E-state index is 0.321. The van der Waals surface area contributed by atoms with Gasteiger partial charge < -0.3 is 5.32 Å². The Balaban J connectivity index is 1.86. The number of thiazole rings is 1. The molecule has 19 heavy (non-hydrogen) atoms. The maximum Gasteiger partial charge on any atom is 0.184 e.